The fourth-order valence-electron chi connectivity index (χ4n) is 2.94. The van der Waals surface area contributed by atoms with Crippen LogP contribution in [0.1, 0.15) is 42.7 Å². The second-order valence-electron chi connectivity index (χ2n) is 7.24. The lowest BCUT2D eigenvalue weighted by Gasteiger charge is -2.19. The van der Waals surface area contributed by atoms with Crippen molar-refractivity contribution in [3.05, 3.63) is 71.3 Å². The van der Waals surface area contributed by atoms with Crippen molar-refractivity contribution < 1.29 is 22.5 Å². The van der Waals surface area contributed by atoms with Gasteiger partial charge in [0.15, 0.2) is 0 Å². The van der Waals surface area contributed by atoms with Crippen LogP contribution in [0.4, 0.5) is 0 Å². The molecule has 0 saturated heterocycles. The molecule has 0 spiro atoms. The first-order valence-electron chi connectivity index (χ1n) is 8.18. The summed E-state index contributed by atoms with van der Waals surface area (Å²) < 4.78 is 30.8. The highest BCUT2D eigenvalue weighted by Crippen LogP contribution is 2.40. The molecule has 1 aliphatic carbocycles. The standard InChI is InChI=1S/C20H20O5S/c1-20(2,3)13-8-10-14(11-9-13)25-26(23,24)18-12-17(19(21)22)15-6-4-5-7-16(15)18/h4-12,18H,1-3H3,(H,21,22). The van der Waals surface area contributed by atoms with E-state index in [2.05, 4.69) is 20.8 Å². The first-order chi connectivity index (χ1) is 12.1. The summed E-state index contributed by atoms with van der Waals surface area (Å²) in [5.74, 6) is -0.961. The van der Waals surface area contributed by atoms with Crippen molar-refractivity contribution in [2.45, 2.75) is 31.4 Å². The van der Waals surface area contributed by atoms with Gasteiger partial charge in [-0.1, -0.05) is 57.2 Å². The summed E-state index contributed by atoms with van der Waals surface area (Å²) in [7, 11) is -4.08. The quantitative estimate of drug-likeness (QED) is 0.823. The second-order valence-corrected chi connectivity index (χ2v) is 8.90. The normalized spacial score (nSPS) is 16.7. The van der Waals surface area contributed by atoms with Crippen LogP contribution in [0.15, 0.2) is 54.6 Å². The molecule has 0 radical (unpaired) electrons. The molecule has 0 aliphatic heterocycles. The van der Waals surface area contributed by atoms with E-state index < -0.39 is 21.3 Å². The molecule has 136 valence electrons. The van der Waals surface area contributed by atoms with Gasteiger partial charge in [-0.05, 0) is 40.3 Å². The molecule has 1 N–H and O–H groups in total. The predicted molar refractivity (Wildman–Crippen MR) is 99.5 cm³/mol. The molecule has 26 heavy (non-hydrogen) atoms. The molecule has 1 atom stereocenters. The number of carbonyl (C=O) groups is 1. The highest BCUT2D eigenvalue weighted by Gasteiger charge is 2.37. The zero-order chi connectivity index (χ0) is 19.1. The molecular formula is C20H20O5S. The van der Waals surface area contributed by atoms with E-state index in [-0.39, 0.29) is 16.7 Å². The fraction of sp³-hybridized carbons (Fsp3) is 0.250. The van der Waals surface area contributed by atoms with E-state index in [4.69, 9.17) is 4.18 Å². The van der Waals surface area contributed by atoms with E-state index in [1.54, 1.807) is 36.4 Å². The average molecular weight is 372 g/mol. The van der Waals surface area contributed by atoms with Crippen molar-refractivity contribution in [1.29, 1.82) is 0 Å². The molecular weight excluding hydrogens is 352 g/mol. The molecule has 1 aliphatic rings. The minimum Gasteiger partial charge on any atom is -0.478 e. The van der Waals surface area contributed by atoms with E-state index in [9.17, 15) is 18.3 Å². The van der Waals surface area contributed by atoms with Crippen molar-refractivity contribution in [3.63, 3.8) is 0 Å². The van der Waals surface area contributed by atoms with Gasteiger partial charge in [-0.2, -0.15) is 8.42 Å². The van der Waals surface area contributed by atoms with Crippen LogP contribution in [0, 0.1) is 0 Å². The van der Waals surface area contributed by atoms with E-state index in [0.717, 1.165) is 5.56 Å². The van der Waals surface area contributed by atoms with Crippen LogP contribution in [0.5, 0.6) is 5.75 Å². The Morgan fingerprint density at radius 2 is 1.65 bits per heavy atom. The molecule has 2 aromatic rings. The van der Waals surface area contributed by atoms with Gasteiger partial charge in [0.05, 0.1) is 5.57 Å². The Morgan fingerprint density at radius 1 is 1.04 bits per heavy atom. The molecule has 1 unspecified atom stereocenters. The number of carboxylic acids is 1. The number of hydrogen-bond acceptors (Lipinski definition) is 4. The highest BCUT2D eigenvalue weighted by molar-refractivity contribution is 7.87. The maximum absolute atomic E-state index is 12.8. The number of benzene rings is 2. The summed E-state index contributed by atoms with van der Waals surface area (Å²) in [5, 5.41) is 8.19. The van der Waals surface area contributed by atoms with Crippen molar-refractivity contribution >= 4 is 21.7 Å². The van der Waals surface area contributed by atoms with Gasteiger partial charge >= 0.3 is 16.1 Å². The number of carboxylic acid groups (broad SMARTS) is 1. The molecule has 0 heterocycles. The molecule has 3 rings (SSSR count). The Kier molecular flexibility index (Phi) is 4.40. The van der Waals surface area contributed by atoms with Gasteiger partial charge < -0.3 is 9.29 Å². The van der Waals surface area contributed by atoms with Crippen molar-refractivity contribution in [2.75, 3.05) is 0 Å². The van der Waals surface area contributed by atoms with Crippen LogP contribution < -0.4 is 4.18 Å². The van der Waals surface area contributed by atoms with Gasteiger partial charge in [0.25, 0.3) is 0 Å². The number of fused-ring (bicyclic) bond motifs is 1. The van der Waals surface area contributed by atoms with Crippen LogP contribution in [-0.2, 0) is 20.3 Å². The predicted octanol–water partition coefficient (Wildman–Crippen LogP) is 3.92. The molecule has 0 bridgehead atoms. The monoisotopic (exact) mass is 372 g/mol. The van der Waals surface area contributed by atoms with E-state index in [0.29, 0.717) is 11.1 Å². The minimum absolute atomic E-state index is 0.0270. The van der Waals surface area contributed by atoms with Crippen LogP contribution in [-0.4, -0.2) is 19.5 Å². The lowest BCUT2D eigenvalue weighted by Crippen LogP contribution is -2.17. The van der Waals surface area contributed by atoms with Crippen molar-refractivity contribution in [3.8, 4) is 5.75 Å². The lowest BCUT2D eigenvalue weighted by atomic mass is 9.87. The van der Waals surface area contributed by atoms with Crippen LogP contribution in [0.25, 0.3) is 5.57 Å². The van der Waals surface area contributed by atoms with Crippen molar-refractivity contribution in [2.24, 2.45) is 0 Å². The number of hydrogen-bond donors (Lipinski definition) is 1. The van der Waals surface area contributed by atoms with Gasteiger partial charge in [-0.25, -0.2) is 4.79 Å². The molecule has 0 fully saturated rings. The van der Waals surface area contributed by atoms with Crippen LogP contribution >= 0.6 is 0 Å². The zero-order valence-electron chi connectivity index (χ0n) is 14.8. The average Bonchev–Trinajstić information content (AvgIpc) is 2.95. The Balaban J connectivity index is 1.93. The summed E-state index contributed by atoms with van der Waals surface area (Å²) in [6.07, 6.45) is 1.23. The third-order valence-electron chi connectivity index (χ3n) is 4.35. The zero-order valence-corrected chi connectivity index (χ0v) is 15.6. The molecule has 0 amide bonds. The number of rotatable bonds is 4. The smallest absolute Gasteiger partial charge is 0.336 e. The fourth-order valence-corrected chi connectivity index (χ4v) is 4.25. The Morgan fingerprint density at radius 3 is 2.23 bits per heavy atom. The Labute approximate surface area is 153 Å². The molecule has 0 aromatic heterocycles. The van der Waals surface area contributed by atoms with Gasteiger partial charge in [0.2, 0.25) is 0 Å². The highest BCUT2D eigenvalue weighted by atomic mass is 32.2. The van der Waals surface area contributed by atoms with Crippen LogP contribution in [0.3, 0.4) is 0 Å². The molecule has 5 nitrogen and oxygen atoms in total. The van der Waals surface area contributed by atoms with E-state index >= 15 is 0 Å². The summed E-state index contributed by atoms with van der Waals surface area (Å²) in [4.78, 5) is 11.4. The SMILES string of the molecule is CC(C)(C)c1ccc(OS(=O)(=O)C2C=C(C(=O)O)c3ccccc32)cc1. The maximum atomic E-state index is 12.8. The van der Waals surface area contributed by atoms with Gasteiger partial charge in [-0.15, -0.1) is 0 Å². The maximum Gasteiger partial charge on any atom is 0.336 e. The third-order valence-corrected chi connectivity index (χ3v) is 5.79. The first-order valence-corrected chi connectivity index (χ1v) is 9.65. The Bertz CT molecular complexity index is 980. The van der Waals surface area contributed by atoms with Crippen molar-refractivity contribution in [1.82, 2.24) is 0 Å². The summed E-state index contributed by atoms with van der Waals surface area (Å²) in [5.41, 5.74) is 1.79. The second kappa shape index (κ2) is 6.29. The third kappa shape index (κ3) is 3.37. The summed E-state index contributed by atoms with van der Waals surface area (Å²) >= 11 is 0. The van der Waals surface area contributed by atoms with Crippen LogP contribution in [0.2, 0.25) is 0 Å². The molecule has 6 heteroatoms. The topological polar surface area (TPSA) is 80.7 Å². The molecule has 0 saturated carbocycles. The van der Waals surface area contributed by atoms with Gasteiger partial charge in [0, 0.05) is 0 Å². The van der Waals surface area contributed by atoms with Gasteiger partial charge in [0.1, 0.15) is 11.0 Å². The Hall–Kier alpha value is -2.60. The summed E-state index contributed by atoms with van der Waals surface area (Å²) in [6.45, 7) is 6.19. The van der Waals surface area contributed by atoms with E-state index in [1.165, 1.54) is 6.08 Å². The summed E-state index contributed by atoms with van der Waals surface area (Å²) in [6, 6.07) is 13.4. The van der Waals surface area contributed by atoms with Gasteiger partial charge in [-0.3, -0.25) is 0 Å². The van der Waals surface area contributed by atoms with E-state index in [1.807, 2.05) is 12.1 Å². The largest absolute Gasteiger partial charge is 0.478 e. The molecule has 2 aromatic carbocycles. The lowest BCUT2D eigenvalue weighted by molar-refractivity contribution is -0.130. The number of aliphatic carboxylic acids is 1. The first kappa shape index (κ1) is 18.2. The minimum atomic E-state index is -4.08.